The lowest BCUT2D eigenvalue weighted by molar-refractivity contribution is 0.0914. The van der Waals surface area contributed by atoms with Crippen molar-refractivity contribution in [3.05, 3.63) is 99.7 Å². The molecule has 7 nitrogen and oxygen atoms in total. The molecule has 4 aromatic rings. The van der Waals surface area contributed by atoms with Crippen molar-refractivity contribution in [2.24, 2.45) is 0 Å². The molecule has 0 saturated carbocycles. The number of benzene rings is 3. The third-order valence-electron chi connectivity index (χ3n) is 4.42. The van der Waals surface area contributed by atoms with E-state index in [9.17, 15) is 9.90 Å². The van der Waals surface area contributed by atoms with Crippen molar-refractivity contribution in [1.29, 1.82) is 0 Å². The Bertz CT molecular complexity index is 1220. The molecule has 0 bridgehead atoms. The van der Waals surface area contributed by atoms with Crippen molar-refractivity contribution in [1.82, 2.24) is 15.5 Å². The molecule has 0 aliphatic carbocycles. The van der Waals surface area contributed by atoms with Gasteiger partial charge < -0.3 is 19.6 Å². The van der Waals surface area contributed by atoms with E-state index in [1.807, 2.05) is 54.6 Å². The number of phenolic OH excluding ortho intramolecular Hbond substituents is 1. The topological polar surface area (TPSA) is 97.5 Å². The molecule has 0 aliphatic heterocycles. The fraction of sp³-hybridized carbons (Fsp3) is 0.0870. The normalized spacial score (nSPS) is 10.7. The smallest absolute Gasteiger partial charge is 0.309 e. The zero-order valence-electron chi connectivity index (χ0n) is 16.6. The number of nitrogens with one attached hydrogen (secondary N) is 1. The van der Waals surface area contributed by atoms with Gasteiger partial charge in [-0.1, -0.05) is 53.5 Å². The van der Waals surface area contributed by atoms with Gasteiger partial charge in [0.25, 0.3) is 0 Å². The number of halogens is 2. The van der Waals surface area contributed by atoms with Gasteiger partial charge in [-0.15, -0.1) is 10.2 Å². The van der Waals surface area contributed by atoms with Crippen LogP contribution < -0.4 is 10.1 Å². The minimum Gasteiger partial charge on any atom is -0.505 e. The first-order valence-corrected chi connectivity index (χ1v) is 10.3. The predicted molar refractivity (Wildman–Crippen MR) is 119 cm³/mol. The highest BCUT2D eigenvalue weighted by molar-refractivity contribution is 6.37. The van der Waals surface area contributed by atoms with Crippen LogP contribution in [0.1, 0.15) is 27.7 Å². The molecule has 1 amide bonds. The molecule has 1 heterocycles. The first kappa shape index (κ1) is 21.7. The highest BCUT2D eigenvalue weighted by Gasteiger charge is 2.16. The molecule has 0 fully saturated rings. The van der Waals surface area contributed by atoms with E-state index >= 15 is 0 Å². The lowest BCUT2D eigenvalue weighted by atomic mass is 10.1. The Kier molecular flexibility index (Phi) is 6.58. The number of para-hydroxylation sites is 1. The Morgan fingerprint density at radius 3 is 2.41 bits per heavy atom. The van der Waals surface area contributed by atoms with Crippen molar-refractivity contribution in [3.63, 3.8) is 0 Å². The van der Waals surface area contributed by atoms with Crippen LogP contribution >= 0.6 is 23.2 Å². The summed E-state index contributed by atoms with van der Waals surface area (Å²) in [7, 11) is 0. The average Bonchev–Trinajstić information content (AvgIpc) is 3.25. The number of carbonyl (C=O) groups is 1. The summed E-state index contributed by atoms with van der Waals surface area (Å²) in [6.45, 7) is 0.256. The summed E-state index contributed by atoms with van der Waals surface area (Å²) in [5.41, 5.74) is 1.50. The van der Waals surface area contributed by atoms with Crippen molar-refractivity contribution in [2.75, 3.05) is 0 Å². The maximum Gasteiger partial charge on any atom is 0.309 e. The molecular formula is C23H17Cl2N3O4. The number of hydrogen-bond acceptors (Lipinski definition) is 6. The van der Waals surface area contributed by atoms with Crippen LogP contribution in [-0.4, -0.2) is 21.2 Å². The van der Waals surface area contributed by atoms with Crippen LogP contribution in [0.4, 0.5) is 0 Å². The molecule has 2 N–H and O–H groups in total. The van der Waals surface area contributed by atoms with E-state index in [-0.39, 0.29) is 40.5 Å². The molecule has 9 heteroatoms. The van der Waals surface area contributed by atoms with E-state index in [4.69, 9.17) is 32.4 Å². The summed E-state index contributed by atoms with van der Waals surface area (Å²) in [4.78, 5) is 12.4. The zero-order chi connectivity index (χ0) is 22.5. The number of nitrogens with zero attached hydrogens (tertiary/aromatic N) is 2. The second-order valence-electron chi connectivity index (χ2n) is 6.83. The number of aromatic nitrogens is 2. The fourth-order valence-electron chi connectivity index (χ4n) is 2.91. The van der Waals surface area contributed by atoms with Crippen molar-refractivity contribution >= 4 is 29.1 Å². The SMILES string of the molecule is O=C(NCc1cccc(Oc2ccccc2)c1)c1nnc(Cc2cc(Cl)c(O)c(Cl)c2)o1. The van der Waals surface area contributed by atoms with Gasteiger partial charge >= 0.3 is 11.8 Å². The number of amides is 1. The third-order valence-corrected chi connectivity index (χ3v) is 5.00. The number of ether oxygens (including phenoxy) is 1. The summed E-state index contributed by atoms with van der Waals surface area (Å²) >= 11 is 11.8. The molecule has 32 heavy (non-hydrogen) atoms. The summed E-state index contributed by atoms with van der Waals surface area (Å²) in [6, 6.07) is 19.9. The fourth-order valence-corrected chi connectivity index (χ4v) is 3.45. The Morgan fingerprint density at radius 2 is 1.66 bits per heavy atom. The number of rotatable bonds is 7. The minimum atomic E-state index is -0.500. The first-order valence-electron chi connectivity index (χ1n) is 9.57. The number of carbonyl (C=O) groups excluding carboxylic acids is 1. The van der Waals surface area contributed by atoms with Crippen LogP contribution in [0.5, 0.6) is 17.2 Å². The Hall–Kier alpha value is -3.55. The second-order valence-corrected chi connectivity index (χ2v) is 7.65. The maximum absolute atomic E-state index is 12.4. The molecule has 1 aromatic heterocycles. The van der Waals surface area contributed by atoms with E-state index < -0.39 is 5.91 Å². The maximum atomic E-state index is 12.4. The molecule has 0 spiro atoms. The van der Waals surface area contributed by atoms with Crippen molar-refractivity contribution < 1.29 is 19.1 Å². The monoisotopic (exact) mass is 469 g/mol. The van der Waals surface area contributed by atoms with Crippen molar-refractivity contribution in [2.45, 2.75) is 13.0 Å². The van der Waals surface area contributed by atoms with E-state index in [1.165, 1.54) is 12.1 Å². The van der Waals surface area contributed by atoms with Gasteiger partial charge in [-0.25, -0.2) is 0 Å². The van der Waals surface area contributed by atoms with E-state index in [0.717, 1.165) is 11.3 Å². The van der Waals surface area contributed by atoms with Gasteiger partial charge in [0.05, 0.1) is 16.5 Å². The standard InChI is InChI=1S/C23H17Cl2N3O4/c24-18-10-15(11-19(25)21(18)29)12-20-27-28-23(32-20)22(30)26-13-14-5-4-8-17(9-14)31-16-6-2-1-3-7-16/h1-11,29H,12-13H2,(H,26,30). The van der Waals surface area contributed by atoms with Crippen molar-refractivity contribution in [3.8, 4) is 17.2 Å². The van der Waals surface area contributed by atoms with Gasteiger partial charge in [0.15, 0.2) is 5.75 Å². The van der Waals surface area contributed by atoms with Gasteiger partial charge in [-0.3, -0.25) is 4.79 Å². The molecular weight excluding hydrogens is 453 g/mol. The largest absolute Gasteiger partial charge is 0.505 e. The minimum absolute atomic E-state index is 0.114. The average molecular weight is 470 g/mol. The van der Waals surface area contributed by atoms with Crippen LogP contribution in [-0.2, 0) is 13.0 Å². The highest BCUT2D eigenvalue weighted by Crippen LogP contribution is 2.33. The lowest BCUT2D eigenvalue weighted by Gasteiger charge is -2.08. The molecule has 0 aliphatic rings. The Labute approximate surface area is 193 Å². The molecule has 162 valence electrons. The summed E-state index contributed by atoms with van der Waals surface area (Å²) in [5, 5.41) is 20.3. The van der Waals surface area contributed by atoms with E-state index in [2.05, 4.69) is 15.5 Å². The second kappa shape index (κ2) is 9.72. The first-order chi connectivity index (χ1) is 15.5. The quantitative estimate of drug-likeness (QED) is 0.376. The summed E-state index contributed by atoms with van der Waals surface area (Å²) in [5.74, 6) is 0.747. The summed E-state index contributed by atoms with van der Waals surface area (Å²) in [6.07, 6.45) is 0.207. The highest BCUT2D eigenvalue weighted by atomic mass is 35.5. The van der Waals surface area contributed by atoms with Crippen LogP contribution in [0, 0.1) is 0 Å². The Balaban J connectivity index is 1.36. The number of hydrogen-bond donors (Lipinski definition) is 2. The third kappa shape index (κ3) is 5.38. The van der Waals surface area contributed by atoms with Gasteiger partial charge in [-0.2, -0.15) is 0 Å². The van der Waals surface area contributed by atoms with Crippen LogP contribution in [0.2, 0.25) is 10.0 Å². The zero-order valence-corrected chi connectivity index (χ0v) is 18.1. The molecule has 0 saturated heterocycles. The molecule has 0 atom stereocenters. The molecule has 4 rings (SSSR count). The van der Waals surface area contributed by atoms with E-state index in [0.29, 0.717) is 11.3 Å². The number of aromatic hydroxyl groups is 1. The van der Waals surface area contributed by atoms with E-state index in [1.54, 1.807) is 0 Å². The molecule has 3 aromatic carbocycles. The predicted octanol–water partition coefficient (Wildman–Crippen LogP) is 5.40. The van der Waals surface area contributed by atoms with Crippen LogP contribution in [0.15, 0.2) is 71.1 Å². The van der Waals surface area contributed by atoms with Gasteiger partial charge in [0, 0.05) is 6.54 Å². The van der Waals surface area contributed by atoms with Gasteiger partial charge in [-0.05, 0) is 47.5 Å². The van der Waals surface area contributed by atoms with Gasteiger partial charge in [0.2, 0.25) is 5.89 Å². The number of phenols is 1. The molecule has 0 unspecified atom stereocenters. The Morgan fingerprint density at radius 1 is 0.938 bits per heavy atom. The van der Waals surface area contributed by atoms with Gasteiger partial charge in [0.1, 0.15) is 11.5 Å². The van der Waals surface area contributed by atoms with Crippen LogP contribution in [0.25, 0.3) is 0 Å². The van der Waals surface area contributed by atoms with Crippen LogP contribution in [0.3, 0.4) is 0 Å². The lowest BCUT2D eigenvalue weighted by Crippen LogP contribution is -2.23. The molecule has 0 radical (unpaired) electrons. The summed E-state index contributed by atoms with van der Waals surface area (Å²) < 4.78 is 11.2.